The minimum Gasteiger partial charge on any atom is -0.312 e. The van der Waals surface area contributed by atoms with Gasteiger partial charge < -0.3 is 5.32 Å². The molecule has 1 aliphatic rings. The van der Waals surface area contributed by atoms with Gasteiger partial charge in [0.05, 0.1) is 5.75 Å². The van der Waals surface area contributed by atoms with E-state index in [9.17, 15) is 8.42 Å². The average molecular weight is 345 g/mol. The number of halogens is 1. The molecule has 2 N–H and O–H groups in total. The molecule has 1 fully saturated rings. The van der Waals surface area contributed by atoms with E-state index in [0.717, 1.165) is 24.9 Å². The molecule has 124 valence electrons. The topological polar surface area (TPSA) is 58.2 Å². The van der Waals surface area contributed by atoms with Crippen molar-refractivity contribution in [3.05, 3.63) is 34.9 Å². The van der Waals surface area contributed by atoms with Gasteiger partial charge in [0.25, 0.3) is 0 Å². The van der Waals surface area contributed by atoms with Gasteiger partial charge in [0.1, 0.15) is 0 Å². The molecule has 22 heavy (non-hydrogen) atoms. The first-order valence-corrected chi connectivity index (χ1v) is 9.88. The summed E-state index contributed by atoms with van der Waals surface area (Å²) in [5.41, 5.74) is 1.12. The molecule has 1 saturated heterocycles. The predicted molar refractivity (Wildman–Crippen MR) is 91.6 cm³/mol. The molecule has 1 aromatic carbocycles. The van der Waals surface area contributed by atoms with E-state index < -0.39 is 10.0 Å². The lowest BCUT2D eigenvalue weighted by atomic mass is 9.93. The maximum Gasteiger partial charge on any atom is 0.211 e. The number of nitrogens with one attached hydrogen (secondary N) is 2. The fourth-order valence-corrected chi connectivity index (χ4v) is 4.09. The highest BCUT2D eigenvalue weighted by molar-refractivity contribution is 7.89. The van der Waals surface area contributed by atoms with E-state index in [0.29, 0.717) is 18.0 Å². The van der Waals surface area contributed by atoms with Crippen molar-refractivity contribution in [1.29, 1.82) is 0 Å². The van der Waals surface area contributed by atoms with Crippen LogP contribution >= 0.6 is 11.6 Å². The fraction of sp³-hybridized carbons (Fsp3) is 0.625. The van der Waals surface area contributed by atoms with Gasteiger partial charge in [0.2, 0.25) is 10.0 Å². The lowest BCUT2D eigenvalue weighted by molar-refractivity contribution is 0.371. The lowest BCUT2D eigenvalue weighted by Gasteiger charge is -2.24. The molecule has 0 amide bonds. The van der Waals surface area contributed by atoms with Crippen molar-refractivity contribution in [2.45, 2.75) is 51.1 Å². The molecule has 0 spiro atoms. The maximum atomic E-state index is 12.0. The van der Waals surface area contributed by atoms with Gasteiger partial charge in [-0.2, -0.15) is 0 Å². The van der Waals surface area contributed by atoms with Crippen LogP contribution in [0.2, 0.25) is 5.02 Å². The molecule has 0 radical (unpaired) electrons. The third-order valence-electron chi connectivity index (χ3n) is 4.26. The second-order valence-corrected chi connectivity index (χ2v) is 8.68. The summed E-state index contributed by atoms with van der Waals surface area (Å²) in [6.45, 7) is 3.63. The molecule has 4 nitrogen and oxygen atoms in total. The monoisotopic (exact) mass is 344 g/mol. The van der Waals surface area contributed by atoms with Crippen molar-refractivity contribution in [2.75, 3.05) is 12.3 Å². The Labute approximate surface area is 138 Å². The van der Waals surface area contributed by atoms with Gasteiger partial charge in [-0.3, -0.25) is 0 Å². The Morgan fingerprint density at radius 3 is 2.64 bits per heavy atom. The van der Waals surface area contributed by atoms with Crippen LogP contribution in [0, 0.1) is 0 Å². The van der Waals surface area contributed by atoms with E-state index in [1.807, 2.05) is 12.1 Å². The smallest absolute Gasteiger partial charge is 0.211 e. The summed E-state index contributed by atoms with van der Waals surface area (Å²) in [4.78, 5) is 0. The van der Waals surface area contributed by atoms with Crippen LogP contribution in [0.5, 0.6) is 0 Å². The first-order chi connectivity index (χ1) is 10.4. The zero-order valence-corrected chi connectivity index (χ0v) is 14.6. The van der Waals surface area contributed by atoms with Gasteiger partial charge in [0, 0.05) is 17.1 Å². The minimum absolute atomic E-state index is 0.191. The maximum absolute atomic E-state index is 12.0. The SMILES string of the molecule is C[C@]1(CCCCS(=O)(=O)NCc2ccc(Cl)cc2)CCCN1. The van der Waals surface area contributed by atoms with Crippen molar-refractivity contribution in [3.63, 3.8) is 0 Å². The Bertz CT molecular complexity index is 566. The van der Waals surface area contributed by atoms with Crippen LogP contribution in [-0.4, -0.2) is 26.3 Å². The molecule has 0 aromatic heterocycles. The van der Waals surface area contributed by atoms with Crippen molar-refractivity contribution >= 4 is 21.6 Å². The van der Waals surface area contributed by atoms with Gasteiger partial charge in [-0.15, -0.1) is 0 Å². The standard InChI is InChI=1S/C16H25ClN2O2S/c1-16(10-4-11-18-16)9-2-3-12-22(20,21)19-13-14-5-7-15(17)8-6-14/h5-8,18-19H,2-4,9-13H2,1H3/t16-/m0/s1. The zero-order valence-electron chi connectivity index (χ0n) is 13.1. The van der Waals surface area contributed by atoms with Crippen molar-refractivity contribution in [1.82, 2.24) is 10.0 Å². The molecule has 0 aliphatic carbocycles. The van der Waals surface area contributed by atoms with Gasteiger partial charge in [-0.25, -0.2) is 13.1 Å². The third kappa shape index (κ3) is 5.88. The quantitative estimate of drug-likeness (QED) is 0.712. The second kappa shape index (κ2) is 7.77. The van der Waals surface area contributed by atoms with E-state index in [-0.39, 0.29) is 11.3 Å². The van der Waals surface area contributed by atoms with Crippen molar-refractivity contribution in [2.24, 2.45) is 0 Å². The summed E-state index contributed by atoms with van der Waals surface area (Å²) in [7, 11) is -3.21. The summed E-state index contributed by atoms with van der Waals surface area (Å²) in [6, 6.07) is 7.19. The van der Waals surface area contributed by atoms with Crippen molar-refractivity contribution < 1.29 is 8.42 Å². The van der Waals surface area contributed by atoms with Crippen LogP contribution in [0.3, 0.4) is 0 Å². The lowest BCUT2D eigenvalue weighted by Crippen LogP contribution is -2.36. The number of hydrogen-bond donors (Lipinski definition) is 2. The first-order valence-electron chi connectivity index (χ1n) is 7.85. The van der Waals surface area contributed by atoms with Gasteiger partial charge in [-0.05, 0) is 56.8 Å². The van der Waals surface area contributed by atoms with Gasteiger partial charge in [0.15, 0.2) is 0 Å². The molecule has 2 rings (SSSR count). The summed E-state index contributed by atoms with van der Waals surface area (Å²) >= 11 is 5.81. The van der Waals surface area contributed by atoms with Crippen LogP contribution in [0.25, 0.3) is 0 Å². The molecular formula is C16H25ClN2O2S. The number of unbranched alkanes of at least 4 members (excludes halogenated alkanes) is 1. The zero-order chi connectivity index (χ0) is 16.1. The highest BCUT2D eigenvalue weighted by atomic mass is 35.5. The van der Waals surface area contributed by atoms with E-state index in [1.165, 1.54) is 12.8 Å². The Balaban J connectivity index is 1.68. The molecule has 0 bridgehead atoms. The highest BCUT2D eigenvalue weighted by Gasteiger charge is 2.27. The van der Waals surface area contributed by atoms with E-state index >= 15 is 0 Å². The third-order valence-corrected chi connectivity index (χ3v) is 5.92. The van der Waals surface area contributed by atoms with Crippen LogP contribution in [-0.2, 0) is 16.6 Å². The second-order valence-electron chi connectivity index (χ2n) is 6.31. The van der Waals surface area contributed by atoms with Crippen LogP contribution in [0.4, 0.5) is 0 Å². The molecule has 1 heterocycles. The average Bonchev–Trinajstić information content (AvgIpc) is 2.90. The number of hydrogen-bond acceptors (Lipinski definition) is 3. The Hall–Kier alpha value is -0.620. The molecule has 0 unspecified atom stereocenters. The van der Waals surface area contributed by atoms with Gasteiger partial charge in [-0.1, -0.05) is 30.2 Å². The van der Waals surface area contributed by atoms with E-state index in [4.69, 9.17) is 11.6 Å². The summed E-state index contributed by atoms with van der Waals surface area (Å²) < 4.78 is 26.6. The normalized spacial score (nSPS) is 22.1. The molecule has 0 saturated carbocycles. The molecule has 1 atom stereocenters. The fourth-order valence-electron chi connectivity index (χ4n) is 2.85. The minimum atomic E-state index is -3.21. The summed E-state index contributed by atoms with van der Waals surface area (Å²) in [5.74, 6) is 0.191. The largest absolute Gasteiger partial charge is 0.312 e. The molecule has 1 aromatic rings. The van der Waals surface area contributed by atoms with E-state index in [1.54, 1.807) is 12.1 Å². The highest BCUT2D eigenvalue weighted by Crippen LogP contribution is 2.24. The first kappa shape index (κ1) is 17.7. The Morgan fingerprint density at radius 2 is 2.00 bits per heavy atom. The molecule has 1 aliphatic heterocycles. The van der Waals surface area contributed by atoms with Crippen LogP contribution in [0.15, 0.2) is 24.3 Å². The molecular weight excluding hydrogens is 320 g/mol. The summed E-state index contributed by atoms with van der Waals surface area (Å²) in [5, 5.41) is 4.16. The van der Waals surface area contributed by atoms with E-state index in [2.05, 4.69) is 17.0 Å². The van der Waals surface area contributed by atoms with Crippen LogP contribution < -0.4 is 10.0 Å². The number of rotatable bonds is 8. The number of benzene rings is 1. The predicted octanol–water partition coefficient (Wildman–Crippen LogP) is 3.07. The Morgan fingerprint density at radius 1 is 1.27 bits per heavy atom. The van der Waals surface area contributed by atoms with Crippen LogP contribution in [0.1, 0.15) is 44.6 Å². The summed E-state index contributed by atoms with van der Waals surface area (Å²) in [6.07, 6.45) is 5.09. The van der Waals surface area contributed by atoms with Crippen molar-refractivity contribution in [3.8, 4) is 0 Å². The molecule has 6 heteroatoms. The number of sulfonamides is 1. The Kier molecular flexibility index (Phi) is 6.26. The van der Waals surface area contributed by atoms with Gasteiger partial charge >= 0.3 is 0 Å².